The highest BCUT2D eigenvalue weighted by Crippen LogP contribution is 2.36. The van der Waals surface area contributed by atoms with Crippen molar-refractivity contribution in [3.8, 4) is 0 Å². The Kier molecular flexibility index (Phi) is 4.69. The third kappa shape index (κ3) is 3.82. The van der Waals surface area contributed by atoms with Crippen LogP contribution in [0.15, 0.2) is 12.4 Å². The van der Waals surface area contributed by atoms with Crippen LogP contribution in [0.25, 0.3) is 0 Å². The minimum Gasteiger partial charge on any atom is -0.372 e. The SMILES string of the molecule is Cn1cc(CN2CC3(CCC(CNC(=O)N4CCCC4)CO3)C2)cn1. The highest BCUT2D eigenvalue weighted by molar-refractivity contribution is 5.74. The molecular weight excluding hydrogens is 318 g/mol. The van der Waals surface area contributed by atoms with Gasteiger partial charge in [0.2, 0.25) is 0 Å². The van der Waals surface area contributed by atoms with Crippen LogP contribution in [0.1, 0.15) is 31.2 Å². The number of aryl methyl sites for hydroxylation is 1. The molecule has 7 heteroatoms. The molecule has 1 unspecified atom stereocenters. The highest BCUT2D eigenvalue weighted by atomic mass is 16.5. The van der Waals surface area contributed by atoms with E-state index in [1.54, 1.807) is 0 Å². The van der Waals surface area contributed by atoms with Crippen LogP contribution in [0.4, 0.5) is 4.79 Å². The van der Waals surface area contributed by atoms with Gasteiger partial charge < -0.3 is 15.0 Å². The fourth-order valence-electron chi connectivity index (χ4n) is 4.28. The second-order valence-corrected chi connectivity index (χ2v) is 7.95. The number of ether oxygens (including phenoxy) is 1. The first-order valence-electron chi connectivity index (χ1n) is 9.49. The maximum Gasteiger partial charge on any atom is 0.317 e. The predicted octanol–water partition coefficient (Wildman–Crippen LogP) is 1.21. The number of amides is 2. The summed E-state index contributed by atoms with van der Waals surface area (Å²) in [6.07, 6.45) is 8.52. The second-order valence-electron chi connectivity index (χ2n) is 7.95. The maximum atomic E-state index is 12.1. The average molecular weight is 347 g/mol. The van der Waals surface area contributed by atoms with Crippen molar-refractivity contribution in [2.45, 2.75) is 37.8 Å². The molecule has 0 bridgehead atoms. The number of aromatic nitrogens is 2. The molecule has 25 heavy (non-hydrogen) atoms. The molecule has 1 atom stereocenters. The lowest BCUT2D eigenvalue weighted by Gasteiger charge is -2.53. The van der Waals surface area contributed by atoms with E-state index in [0.717, 1.165) is 71.6 Å². The van der Waals surface area contributed by atoms with Gasteiger partial charge in [-0.05, 0) is 31.6 Å². The highest BCUT2D eigenvalue weighted by Gasteiger charge is 2.46. The minimum atomic E-state index is 0.0532. The topological polar surface area (TPSA) is 62.6 Å². The molecule has 3 fully saturated rings. The first kappa shape index (κ1) is 16.8. The van der Waals surface area contributed by atoms with E-state index in [-0.39, 0.29) is 11.6 Å². The van der Waals surface area contributed by atoms with Gasteiger partial charge in [0.1, 0.15) is 0 Å². The molecule has 1 spiro atoms. The summed E-state index contributed by atoms with van der Waals surface area (Å²) in [5.41, 5.74) is 1.31. The summed E-state index contributed by atoms with van der Waals surface area (Å²) in [6, 6.07) is 0.101. The number of carbonyl (C=O) groups excluding carboxylic acids is 1. The fraction of sp³-hybridized carbons (Fsp3) is 0.778. The molecule has 3 aliphatic rings. The van der Waals surface area contributed by atoms with Crippen LogP contribution >= 0.6 is 0 Å². The molecule has 4 rings (SSSR count). The number of nitrogens with zero attached hydrogens (tertiary/aromatic N) is 4. The van der Waals surface area contributed by atoms with Gasteiger partial charge in [0.15, 0.2) is 0 Å². The van der Waals surface area contributed by atoms with Crippen LogP contribution in [-0.4, -0.2) is 70.5 Å². The Balaban J connectivity index is 1.16. The van der Waals surface area contributed by atoms with E-state index in [1.807, 2.05) is 22.8 Å². The standard InChI is InChI=1S/C18H29N5O2/c1-21-10-16(9-20-21)11-22-13-18(14-22)5-4-15(12-25-18)8-19-17(24)23-6-2-3-7-23/h9-10,15H,2-8,11-14H2,1H3,(H,19,24). The largest absolute Gasteiger partial charge is 0.372 e. The Morgan fingerprint density at radius 1 is 1.40 bits per heavy atom. The van der Waals surface area contributed by atoms with Crippen molar-refractivity contribution in [2.24, 2.45) is 13.0 Å². The molecule has 1 aromatic rings. The van der Waals surface area contributed by atoms with Gasteiger partial charge in [0, 0.05) is 58.1 Å². The van der Waals surface area contributed by atoms with Gasteiger partial charge in [-0.1, -0.05) is 0 Å². The van der Waals surface area contributed by atoms with Crippen LogP contribution in [0.2, 0.25) is 0 Å². The maximum absolute atomic E-state index is 12.1. The van der Waals surface area contributed by atoms with E-state index in [1.165, 1.54) is 5.56 Å². The summed E-state index contributed by atoms with van der Waals surface area (Å²) >= 11 is 0. The first-order valence-corrected chi connectivity index (χ1v) is 9.49. The Morgan fingerprint density at radius 2 is 2.20 bits per heavy atom. The molecule has 2 amide bonds. The quantitative estimate of drug-likeness (QED) is 0.889. The number of rotatable bonds is 4. The first-order chi connectivity index (χ1) is 12.1. The second kappa shape index (κ2) is 6.96. The van der Waals surface area contributed by atoms with Gasteiger partial charge in [-0.25, -0.2) is 4.79 Å². The molecule has 3 saturated heterocycles. The van der Waals surface area contributed by atoms with E-state index in [2.05, 4.69) is 21.5 Å². The summed E-state index contributed by atoms with van der Waals surface area (Å²) in [7, 11) is 1.95. The molecule has 0 aromatic carbocycles. The Morgan fingerprint density at radius 3 is 2.84 bits per heavy atom. The summed E-state index contributed by atoms with van der Waals surface area (Å²) in [5.74, 6) is 0.449. The average Bonchev–Trinajstić information content (AvgIpc) is 3.24. The minimum absolute atomic E-state index is 0.0532. The molecule has 4 heterocycles. The predicted molar refractivity (Wildman–Crippen MR) is 94.1 cm³/mol. The molecular formula is C18H29N5O2. The van der Waals surface area contributed by atoms with Crippen molar-refractivity contribution in [1.29, 1.82) is 0 Å². The lowest BCUT2D eigenvalue weighted by Crippen LogP contribution is -2.64. The van der Waals surface area contributed by atoms with E-state index in [0.29, 0.717) is 5.92 Å². The number of likely N-dealkylation sites (tertiary alicyclic amines) is 2. The van der Waals surface area contributed by atoms with Crippen molar-refractivity contribution in [1.82, 2.24) is 24.9 Å². The van der Waals surface area contributed by atoms with Crippen molar-refractivity contribution >= 4 is 6.03 Å². The lowest BCUT2D eigenvalue weighted by atomic mass is 9.83. The van der Waals surface area contributed by atoms with Crippen molar-refractivity contribution in [2.75, 3.05) is 39.3 Å². The van der Waals surface area contributed by atoms with Gasteiger partial charge >= 0.3 is 6.03 Å². The van der Waals surface area contributed by atoms with Crippen LogP contribution < -0.4 is 5.32 Å². The Labute approximate surface area is 149 Å². The molecule has 0 aliphatic carbocycles. The van der Waals surface area contributed by atoms with E-state index >= 15 is 0 Å². The molecule has 138 valence electrons. The number of carbonyl (C=O) groups is 1. The van der Waals surface area contributed by atoms with Gasteiger partial charge in [-0.15, -0.1) is 0 Å². The van der Waals surface area contributed by atoms with E-state index in [4.69, 9.17) is 4.74 Å². The van der Waals surface area contributed by atoms with Crippen molar-refractivity contribution in [3.63, 3.8) is 0 Å². The lowest BCUT2D eigenvalue weighted by molar-refractivity contribution is -0.181. The Hall–Kier alpha value is -1.60. The zero-order valence-electron chi connectivity index (χ0n) is 15.1. The van der Waals surface area contributed by atoms with Crippen LogP contribution in [-0.2, 0) is 18.3 Å². The third-order valence-electron chi connectivity index (χ3n) is 5.76. The van der Waals surface area contributed by atoms with Gasteiger partial charge in [-0.3, -0.25) is 9.58 Å². The summed E-state index contributed by atoms with van der Waals surface area (Å²) < 4.78 is 8.07. The molecule has 7 nitrogen and oxygen atoms in total. The zero-order chi connectivity index (χ0) is 17.3. The molecule has 3 aliphatic heterocycles. The molecule has 1 aromatic heterocycles. The molecule has 0 saturated carbocycles. The Bertz CT molecular complexity index is 594. The number of hydrogen-bond donors (Lipinski definition) is 1. The summed E-state index contributed by atoms with van der Waals surface area (Å²) in [6.45, 7) is 6.29. The van der Waals surface area contributed by atoms with Crippen LogP contribution in [0.5, 0.6) is 0 Å². The number of nitrogens with one attached hydrogen (secondary N) is 1. The molecule has 1 N–H and O–H groups in total. The van der Waals surface area contributed by atoms with Gasteiger partial charge in [-0.2, -0.15) is 5.10 Å². The summed E-state index contributed by atoms with van der Waals surface area (Å²) in [4.78, 5) is 16.4. The zero-order valence-corrected chi connectivity index (χ0v) is 15.1. The normalized spacial score (nSPS) is 26.0. The molecule has 0 radical (unpaired) electrons. The summed E-state index contributed by atoms with van der Waals surface area (Å²) in [5, 5.41) is 7.31. The van der Waals surface area contributed by atoms with Crippen LogP contribution in [0, 0.1) is 5.92 Å². The van der Waals surface area contributed by atoms with E-state index < -0.39 is 0 Å². The van der Waals surface area contributed by atoms with Crippen LogP contribution in [0.3, 0.4) is 0 Å². The fourth-order valence-corrected chi connectivity index (χ4v) is 4.28. The third-order valence-corrected chi connectivity index (χ3v) is 5.76. The van der Waals surface area contributed by atoms with E-state index in [9.17, 15) is 4.79 Å². The number of urea groups is 1. The van der Waals surface area contributed by atoms with Crippen molar-refractivity contribution in [3.05, 3.63) is 18.0 Å². The monoisotopic (exact) mass is 347 g/mol. The van der Waals surface area contributed by atoms with Gasteiger partial charge in [0.25, 0.3) is 0 Å². The smallest absolute Gasteiger partial charge is 0.317 e. The van der Waals surface area contributed by atoms with Crippen molar-refractivity contribution < 1.29 is 9.53 Å². The number of hydrogen-bond acceptors (Lipinski definition) is 4. The van der Waals surface area contributed by atoms with Gasteiger partial charge in [0.05, 0.1) is 18.4 Å².